The van der Waals surface area contributed by atoms with Crippen molar-refractivity contribution >= 4 is 28.2 Å². The van der Waals surface area contributed by atoms with Gasteiger partial charge in [0, 0.05) is 10.9 Å². The zero-order chi connectivity index (χ0) is 16.8. The van der Waals surface area contributed by atoms with E-state index in [0.717, 1.165) is 37.7 Å². The van der Waals surface area contributed by atoms with E-state index < -0.39 is 0 Å². The molecule has 0 aromatic carbocycles. The van der Waals surface area contributed by atoms with Gasteiger partial charge in [-0.2, -0.15) is 0 Å². The maximum atomic E-state index is 12.3. The predicted molar refractivity (Wildman–Crippen MR) is 93.3 cm³/mol. The van der Waals surface area contributed by atoms with Gasteiger partial charge < -0.3 is 15.4 Å². The maximum Gasteiger partial charge on any atom is 0.341 e. The van der Waals surface area contributed by atoms with E-state index in [4.69, 9.17) is 4.74 Å². The van der Waals surface area contributed by atoms with Crippen molar-refractivity contribution in [1.29, 1.82) is 0 Å². The predicted octanol–water partition coefficient (Wildman–Crippen LogP) is 3.13. The van der Waals surface area contributed by atoms with E-state index in [9.17, 15) is 9.59 Å². The highest BCUT2D eigenvalue weighted by atomic mass is 32.1. The summed E-state index contributed by atoms with van der Waals surface area (Å²) in [4.78, 5) is 25.7. The molecule has 0 fully saturated rings. The molecular weight excluding hydrogens is 312 g/mol. The Morgan fingerprint density at radius 1 is 1.26 bits per heavy atom. The lowest BCUT2D eigenvalue weighted by atomic mass is 9.95. The minimum absolute atomic E-state index is 0.116. The third-order valence-electron chi connectivity index (χ3n) is 4.13. The topological polar surface area (TPSA) is 67.4 Å². The van der Waals surface area contributed by atoms with Gasteiger partial charge in [-0.15, -0.1) is 11.3 Å². The molecule has 1 heterocycles. The number of nitrogens with one attached hydrogen (secondary N) is 2. The normalized spacial score (nSPS) is 14.9. The van der Waals surface area contributed by atoms with Crippen LogP contribution in [0.15, 0.2) is 0 Å². The number of aryl methyl sites for hydroxylation is 1. The van der Waals surface area contributed by atoms with E-state index in [1.807, 2.05) is 6.92 Å². The van der Waals surface area contributed by atoms with E-state index in [0.29, 0.717) is 23.2 Å². The second-order valence-corrected chi connectivity index (χ2v) is 6.98. The zero-order valence-corrected chi connectivity index (χ0v) is 15.0. The van der Waals surface area contributed by atoms with Gasteiger partial charge in [0.05, 0.1) is 18.7 Å². The molecule has 0 radical (unpaired) electrons. The van der Waals surface area contributed by atoms with Crippen LogP contribution < -0.4 is 10.6 Å². The molecule has 1 amide bonds. The highest BCUT2D eigenvalue weighted by Gasteiger charge is 2.27. The molecule has 1 aliphatic carbocycles. The lowest BCUT2D eigenvalue weighted by Gasteiger charge is -2.13. The fourth-order valence-electron chi connectivity index (χ4n) is 2.66. The number of anilines is 1. The molecule has 2 rings (SSSR count). The van der Waals surface area contributed by atoms with Gasteiger partial charge in [0.15, 0.2) is 0 Å². The van der Waals surface area contributed by atoms with Crippen LogP contribution in [0.25, 0.3) is 0 Å². The molecule has 0 spiro atoms. The molecule has 1 aromatic rings. The molecule has 23 heavy (non-hydrogen) atoms. The summed E-state index contributed by atoms with van der Waals surface area (Å²) < 4.78 is 5.19. The van der Waals surface area contributed by atoms with Gasteiger partial charge in [0.2, 0.25) is 5.91 Å². The summed E-state index contributed by atoms with van der Waals surface area (Å²) in [5, 5.41) is 6.71. The second kappa shape index (κ2) is 8.45. The van der Waals surface area contributed by atoms with Crippen LogP contribution in [-0.4, -0.2) is 31.1 Å². The Balaban J connectivity index is 2.15. The first-order valence-corrected chi connectivity index (χ1v) is 9.23. The number of hydrogen-bond donors (Lipinski definition) is 2. The van der Waals surface area contributed by atoms with Gasteiger partial charge in [-0.3, -0.25) is 4.79 Å². The number of fused-ring (bicyclic) bond motifs is 1. The Morgan fingerprint density at radius 3 is 2.70 bits per heavy atom. The largest absolute Gasteiger partial charge is 0.462 e. The van der Waals surface area contributed by atoms with Gasteiger partial charge in [-0.05, 0) is 51.5 Å². The van der Waals surface area contributed by atoms with Crippen LogP contribution >= 0.6 is 11.3 Å². The molecule has 128 valence electrons. The van der Waals surface area contributed by atoms with Crippen molar-refractivity contribution in [2.75, 3.05) is 18.5 Å². The zero-order valence-electron chi connectivity index (χ0n) is 14.2. The molecule has 5 nitrogen and oxygen atoms in total. The molecular formula is C17H26N2O3S. The van der Waals surface area contributed by atoms with Gasteiger partial charge in [0.1, 0.15) is 5.00 Å². The van der Waals surface area contributed by atoms with Crippen LogP contribution in [0, 0.1) is 0 Å². The SMILES string of the molecule is CCOC(=O)c1c(NC(=O)CN[C@H](C)CC)sc2c1CCCC2. The van der Waals surface area contributed by atoms with E-state index in [-0.39, 0.29) is 18.4 Å². The first-order valence-electron chi connectivity index (χ1n) is 8.41. The standard InChI is InChI=1S/C17H26N2O3S/c1-4-11(3)18-10-14(20)19-16-15(17(21)22-5-2)12-8-6-7-9-13(12)23-16/h11,18H,4-10H2,1-3H3,(H,19,20)/t11-/m1/s1. The van der Waals surface area contributed by atoms with Crippen molar-refractivity contribution in [3.8, 4) is 0 Å². The van der Waals surface area contributed by atoms with E-state index in [2.05, 4.69) is 17.6 Å². The second-order valence-electron chi connectivity index (χ2n) is 5.87. The number of ether oxygens (including phenoxy) is 1. The molecule has 0 unspecified atom stereocenters. The number of carbonyl (C=O) groups excluding carboxylic acids is 2. The first kappa shape index (κ1) is 17.9. The third-order valence-corrected chi connectivity index (χ3v) is 5.33. The van der Waals surface area contributed by atoms with Crippen molar-refractivity contribution in [1.82, 2.24) is 5.32 Å². The highest BCUT2D eigenvalue weighted by Crippen LogP contribution is 2.38. The summed E-state index contributed by atoms with van der Waals surface area (Å²) in [6, 6.07) is 0.293. The van der Waals surface area contributed by atoms with E-state index in [1.54, 1.807) is 6.92 Å². The summed E-state index contributed by atoms with van der Waals surface area (Å²) in [6.07, 6.45) is 5.06. The number of amides is 1. The number of carbonyl (C=O) groups is 2. The lowest BCUT2D eigenvalue weighted by molar-refractivity contribution is -0.115. The Morgan fingerprint density at radius 2 is 2.00 bits per heavy atom. The Labute approximate surface area is 141 Å². The van der Waals surface area contributed by atoms with Crippen LogP contribution in [-0.2, 0) is 22.4 Å². The lowest BCUT2D eigenvalue weighted by Crippen LogP contribution is -2.34. The number of thiophene rings is 1. The summed E-state index contributed by atoms with van der Waals surface area (Å²) in [5.74, 6) is -0.438. The van der Waals surface area contributed by atoms with Crippen molar-refractivity contribution < 1.29 is 14.3 Å². The number of hydrogen-bond acceptors (Lipinski definition) is 5. The summed E-state index contributed by atoms with van der Waals surface area (Å²) in [5.41, 5.74) is 1.65. The van der Waals surface area contributed by atoms with Gasteiger partial charge in [-0.1, -0.05) is 6.92 Å². The number of esters is 1. The molecule has 0 saturated carbocycles. The molecule has 2 N–H and O–H groups in total. The summed E-state index contributed by atoms with van der Waals surface area (Å²) in [6.45, 7) is 6.50. The monoisotopic (exact) mass is 338 g/mol. The van der Waals surface area contributed by atoms with Crippen molar-refractivity contribution in [2.24, 2.45) is 0 Å². The Hall–Kier alpha value is -1.40. The van der Waals surface area contributed by atoms with Gasteiger partial charge in [-0.25, -0.2) is 4.79 Å². The van der Waals surface area contributed by atoms with E-state index in [1.165, 1.54) is 16.2 Å². The molecule has 1 aromatic heterocycles. The Bertz CT molecular complexity index is 568. The van der Waals surface area contributed by atoms with Gasteiger partial charge in [0.25, 0.3) is 0 Å². The van der Waals surface area contributed by atoms with E-state index >= 15 is 0 Å². The minimum atomic E-state index is -0.322. The summed E-state index contributed by atoms with van der Waals surface area (Å²) in [7, 11) is 0. The van der Waals surface area contributed by atoms with Crippen LogP contribution in [0.1, 0.15) is 60.8 Å². The average Bonchev–Trinajstić information content (AvgIpc) is 2.90. The highest BCUT2D eigenvalue weighted by molar-refractivity contribution is 7.17. The Kier molecular flexibility index (Phi) is 6.59. The summed E-state index contributed by atoms with van der Waals surface area (Å²) >= 11 is 1.52. The molecule has 1 aliphatic rings. The van der Waals surface area contributed by atoms with Gasteiger partial charge >= 0.3 is 5.97 Å². The van der Waals surface area contributed by atoms with Crippen molar-refractivity contribution in [3.63, 3.8) is 0 Å². The quantitative estimate of drug-likeness (QED) is 0.750. The van der Waals surface area contributed by atoms with Crippen LogP contribution in [0.3, 0.4) is 0 Å². The average molecular weight is 338 g/mol. The smallest absolute Gasteiger partial charge is 0.341 e. The molecule has 1 atom stereocenters. The first-order chi connectivity index (χ1) is 11.1. The minimum Gasteiger partial charge on any atom is -0.462 e. The van der Waals surface area contributed by atoms with Crippen LogP contribution in [0.5, 0.6) is 0 Å². The van der Waals surface area contributed by atoms with Crippen LogP contribution in [0.2, 0.25) is 0 Å². The third kappa shape index (κ3) is 4.54. The fourth-order valence-corrected chi connectivity index (χ4v) is 3.95. The molecule has 0 aliphatic heterocycles. The molecule has 6 heteroatoms. The maximum absolute atomic E-state index is 12.3. The molecule has 0 bridgehead atoms. The van der Waals surface area contributed by atoms with Crippen LogP contribution in [0.4, 0.5) is 5.00 Å². The number of rotatable bonds is 7. The van der Waals surface area contributed by atoms with Crippen molar-refractivity contribution in [3.05, 3.63) is 16.0 Å². The van der Waals surface area contributed by atoms with Crippen molar-refractivity contribution in [2.45, 2.75) is 58.9 Å². The fraction of sp³-hybridized carbons (Fsp3) is 0.647. The molecule has 0 saturated heterocycles.